The number of anilines is 1. The van der Waals surface area contributed by atoms with E-state index in [-0.39, 0.29) is 0 Å². The summed E-state index contributed by atoms with van der Waals surface area (Å²) in [7, 11) is 0. The van der Waals surface area contributed by atoms with Gasteiger partial charge in [0, 0.05) is 12.2 Å². The zero-order chi connectivity index (χ0) is 13.5. The van der Waals surface area contributed by atoms with E-state index in [1.54, 1.807) is 30.0 Å². The molecule has 0 saturated heterocycles. The second-order valence-electron chi connectivity index (χ2n) is 3.99. The topological polar surface area (TPSA) is 64.3 Å². The van der Waals surface area contributed by atoms with Crippen LogP contribution in [0.15, 0.2) is 24.3 Å². The fourth-order valence-electron chi connectivity index (χ4n) is 1.55. The maximum Gasteiger partial charge on any atom is 0.308 e. The van der Waals surface area contributed by atoms with Crippen LogP contribution in [0.3, 0.4) is 0 Å². The first-order valence-corrected chi connectivity index (χ1v) is 5.50. The van der Waals surface area contributed by atoms with Crippen molar-refractivity contribution in [1.29, 1.82) is 5.26 Å². The number of nitrogens with zero attached hydrogens (tertiary/aromatic N) is 2. The van der Waals surface area contributed by atoms with Gasteiger partial charge in [-0.2, -0.15) is 5.26 Å². The zero-order valence-electron chi connectivity index (χ0n) is 10.1. The van der Waals surface area contributed by atoms with Crippen molar-refractivity contribution < 1.29 is 9.90 Å². The minimum atomic E-state index is -0.867. The number of hydrogen-bond donors (Lipinski definition) is 1. The number of rotatable bonds is 5. The molecule has 0 fully saturated rings. The number of carboxylic acids is 1. The Labute approximate surface area is 106 Å². The Morgan fingerprint density at radius 3 is 2.89 bits per heavy atom. The van der Waals surface area contributed by atoms with Crippen LogP contribution >= 0.6 is 0 Å². The van der Waals surface area contributed by atoms with Crippen LogP contribution in [0.5, 0.6) is 0 Å². The monoisotopic (exact) mass is 242 g/mol. The number of benzene rings is 1. The van der Waals surface area contributed by atoms with Gasteiger partial charge >= 0.3 is 5.97 Å². The Morgan fingerprint density at radius 1 is 1.61 bits per heavy atom. The molecule has 1 atom stereocenters. The van der Waals surface area contributed by atoms with Gasteiger partial charge in [0.25, 0.3) is 0 Å². The van der Waals surface area contributed by atoms with Gasteiger partial charge in [-0.05, 0) is 18.2 Å². The highest BCUT2D eigenvalue weighted by Crippen LogP contribution is 2.17. The van der Waals surface area contributed by atoms with Crippen molar-refractivity contribution in [1.82, 2.24) is 0 Å². The van der Waals surface area contributed by atoms with Gasteiger partial charge < -0.3 is 10.0 Å². The first kappa shape index (κ1) is 13.6. The standard InChI is InChI=1S/C14H14N2O2/c1-3-7-16(10-11(2)14(17)18)13-6-4-5-12(8-13)9-15/h1,4-6,8,11H,7,10H2,2H3,(H,17,18). The van der Waals surface area contributed by atoms with Crippen LogP contribution < -0.4 is 4.90 Å². The van der Waals surface area contributed by atoms with Crippen LogP contribution in [0, 0.1) is 29.6 Å². The molecule has 1 aromatic rings. The van der Waals surface area contributed by atoms with Crippen LogP contribution in [-0.4, -0.2) is 24.2 Å². The molecule has 92 valence electrons. The van der Waals surface area contributed by atoms with Gasteiger partial charge in [-0.25, -0.2) is 0 Å². The lowest BCUT2D eigenvalue weighted by Crippen LogP contribution is -2.32. The fraction of sp³-hybridized carbons (Fsp3) is 0.286. The van der Waals surface area contributed by atoms with Gasteiger partial charge in [0.1, 0.15) is 0 Å². The number of carbonyl (C=O) groups is 1. The van der Waals surface area contributed by atoms with Gasteiger partial charge in [0.05, 0.1) is 24.1 Å². The van der Waals surface area contributed by atoms with Crippen molar-refractivity contribution in [2.45, 2.75) is 6.92 Å². The molecule has 1 rings (SSSR count). The summed E-state index contributed by atoms with van der Waals surface area (Å²) in [6.45, 7) is 2.25. The van der Waals surface area contributed by atoms with E-state index in [1.807, 2.05) is 12.1 Å². The van der Waals surface area contributed by atoms with Gasteiger partial charge in [0.2, 0.25) is 0 Å². The second kappa shape index (κ2) is 6.32. The molecule has 0 radical (unpaired) electrons. The van der Waals surface area contributed by atoms with Gasteiger partial charge in [0.15, 0.2) is 0 Å². The van der Waals surface area contributed by atoms with Crippen molar-refractivity contribution >= 4 is 11.7 Å². The van der Waals surface area contributed by atoms with Crippen molar-refractivity contribution in [3.05, 3.63) is 29.8 Å². The minimum absolute atomic E-state index is 0.312. The molecule has 0 aliphatic rings. The number of aliphatic carboxylic acids is 1. The predicted octanol–water partition coefficient (Wildman–Crippen LogP) is 1.72. The van der Waals surface area contributed by atoms with Crippen LogP contribution in [0.2, 0.25) is 0 Å². The van der Waals surface area contributed by atoms with E-state index >= 15 is 0 Å². The molecule has 1 unspecified atom stereocenters. The molecule has 0 spiro atoms. The largest absolute Gasteiger partial charge is 0.481 e. The Hall–Kier alpha value is -2.46. The Bertz CT molecular complexity index is 511. The average molecular weight is 242 g/mol. The van der Waals surface area contributed by atoms with Crippen molar-refractivity contribution in [3.8, 4) is 18.4 Å². The summed E-state index contributed by atoms with van der Waals surface area (Å²) >= 11 is 0. The van der Waals surface area contributed by atoms with Crippen LogP contribution in [-0.2, 0) is 4.79 Å². The molecule has 0 saturated carbocycles. The molecular weight excluding hydrogens is 228 g/mol. The minimum Gasteiger partial charge on any atom is -0.481 e. The first-order chi connectivity index (χ1) is 8.58. The lowest BCUT2D eigenvalue weighted by molar-refractivity contribution is -0.140. The predicted molar refractivity (Wildman–Crippen MR) is 69.0 cm³/mol. The summed E-state index contributed by atoms with van der Waals surface area (Å²) in [5, 5.41) is 17.8. The van der Waals surface area contributed by atoms with Gasteiger partial charge in [-0.3, -0.25) is 4.79 Å². The molecule has 0 aliphatic heterocycles. The van der Waals surface area contributed by atoms with E-state index in [4.69, 9.17) is 16.8 Å². The van der Waals surface area contributed by atoms with Gasteiger partial charge in [-0.1, -0.05) is 18.9 Å². The van der Waals surface area contributed by atoms with Crippen LogP contribution in [0.1, 0.15) is 12.5 Å². The van der Waals surface area contributed by atoms with E-state index in [0.717, 1.165) is 5.69 Å². The second-order valence-corrected chi connectivity index (χ2v) is 3.99. The SMILES string of the molecule is C#CCN(CC(C)C(=O)O)c1cccc(C#N)c1. The number of carboxylic acid groups (broad SMARTS) is 1. The fourth-order valence-corrected chi connectivity index (χ4v) is 1.55. The third kappa shape index (κ3) is 3.54. The highest BCUT2D eigenvalue weighted by atomic mass is 16.4. The molecule has 4 nitrogen and oxygen atoms in total. The third-order valence-electron chi connectivity index (χ3n) is 2.54. The van der Waals surface area contributed by atoms with Crippen LogP contribution in [0.4, 0.5) is 5.69 Å². The highest BCUT2D eigenvalue weighted by Gasteiger charge is 2.16. The third-order valence-corrected chi connectivity index (χ3v) is 2.54. The summed E-state index contributed by atoms with van der Waals surface area (Å²) in [4.78, 5) is 12.6. The highest BCUT2D eigenvalue weighted by molar-refractivity contribution is 5.70. The van der Waals surface area contributed by atoms with E-state index in [2.05, 4.69) is 5.92 Å². The average Bonchev–Trinajstić information content (AvgIpc) is 2.38. The van der Waals surface area contributed by atoms with E-state index in [0.29, 0.717) is 18.7 Å². The first-order valence-electron chi connectivity index (χ1n) is 5.50. The summed E-state index contributed by atoms with van der Waals surface area (Å²) in [5.74, 6) is 1.11. The maximum absolute atomic E-state index is 10.9. The van der Waals surface area contributed by atoms with Gasteiger partial charge in [-0.15, -0.1) is 6.42 Å². The van der Waals surface area contributed by atoms with Crippen molar-refractivity contribution in [2.75, 3.05) is 18.0 Å². The van der Waals surface area contributed by atoms with Crippen LogP contribution in [0.25, 0.3) is 0 Å². The normalized spacial score (nSPS) is 11.1. The van der Waals surface area contributed by atoms with Crippen molar-refractivity contribution in [2.24, 2.45) is 5.92 Å². The number of hydrogen-bond acceptors (Lipinski definition) is 3. The molecule has 0 heterocycles. The van der Waals surface area contributed by atoms with E-state index < -0.39 is 11.9 Å². The molecule has 0 aromatic heterocycles. The Morgan fingerprint density at radius 2 is 2.33 bits per heavy atom. The molecule has 0 amide bonds. The zero-order valence-corrected chi connectivity index (χ0v) is 10.1. The molecule has 0 aliphatic carbocycles. The summed E-state index contributed by atoms with van der Waals surface area (Å²) in [6.07, 6.45) is 5.29. The lowest BCUT2D eigenvalue weighted by atomic mass is 10.1. The summed E-state index contributed by atoms with van der Waals surface area (Å²) < 4.78 is 0. The Kier molecular flexibility index (Phi) is 4.78. The van der Waals surface area contributed by atoms with E-state index in [1.165, 1.54) is 0 Å². The molecular formula is C14H14N2O2. The number of nitriles is 1. The van der Waals surface area contributed by atoms with E-state index in [9.17, 15) is 4.79 Å². The quantitative estimate of drug-likeness (QED) is 0.798. The lowest BCUT2D eigenvalue weighted by Gasteiger charge is -2.24. The summed E-state index contributed by atoms with van der Waals surface area (Å²) in [6, 6.07) is 9.00. The number of terminal acetylenes is 1. The van der Waals surface area contributed by atoms with Crippen molar-refractivity contribution in [3.63, 3.8) is 0 Å². The molecule has 1 aromatic carbocycles. The maximum atomic E-state index is 10.9. The Balaban J connectivity index is 2.94. The summed E-state index contributed by atoms with van der Waals surface area (Å²) in [5.41, 5.74) is 1.29. The molecule has 18 heavy (non-hydrogen) atoms. The molecule has 4 heteroatoms. The molecule has 0 bridgehead atoms. The smallest absolute Gasteiger partial charge is 0.308 e. The molecule has 1 N–H and O–H groups in total.